The van der Waals surface area contributed by atoms with E-state index in [4.69, 9.17) is 22.1 Å². The monoisotopic (exact) mass is 417 g/mol. The molecule has 0 spiro atoms. The Bertz CT molecular complexity index is 644. The first-order valence-electron chi connectivity index (χ1n) is 5.63. The highest BCUT2D eigenvalue weighted by Crippen LogP contribution is 2.28. The summed E-state index contributed by atoms with van der Waals surface area (Å²) in [6.45, 7) is 0.166. The summed E-state index contributed by atoms with van der Waals surface area (Å²) in [6, 6.07) is 10.5. The molecule has 2 aromatic rings. The molecule has 0 bridgehead atoms. The van der Waals surface area contributed by atoms with Gasteiger partial charge in [-0.1, -0.05) is 39.7 Å². The Morgan fingerprint density at radius 2 is 1.85 bits per heavy atom. The molecule has 0 unspecified atom stereocenters. The van der Waals surface area contributed by atoms with E-state index in [2.05, 4.69) is 31.9 Å². The van der Waals surface area contributed by atoms with Crippen molar-refractivity contribution in [3.8, 4) is 0 Å². The van der Waals surface area contributed by atoms with Crippen LogP contribution in [0, 0.1) is 0 Å². The number of benzene rings is 2. The standard InChI is InChI=1S/C14H10Br2ClNO2/c15-9-5-11(13(18)12(16)6-9)14(19)20-7-8-1-3-10(17)4-2-8/h1-6H,7,18H2. The largest absolute Gasteiger partial charge is 0.457 e. The molecule has 0 heterocycles. The molecule has 2 aromatic carbocycles. The van der Waals surface area contributed by atoms with Gasteiger partial charge in [0.15, 0.2) is 0 Å². The van der Waals surface area contributed by atoms with Gasteiger partial charge in [-0.2, -0.15) is 0 Å². The van der Waals surface area contributed by atoms with Crippen molar-refractivity contribution in [2.45, 2.75) is 6.61 Å². The predicted molar refractivity (Wildman–Crippen MR) is 86.8 cm³/mol. The predicted octanol–water partition coefficient (Wildman–Crippen LogP) is 4.80. The van der Waals surface area contributed by atoms with Crippen molar-refractivity contribution in [3.63, 3.8) is 0 Å². The third-order valence-corrected chi connectivity index (χ3v) is 3.96. The van der Waals surface area contributed by atoms with Crippen LogP contribution in [0.25, 0.3) is 0 Å². The zero-order chi connectivity index (χ0) is 14.7. The first kappa shape index (κ1) is 15.4. The lowest BCUT2D eigenvalue weighted by Gasteiger charge is -2.09. The van der Waals surface area contributed by atoms with Crippen LogP contribution in [0.5, 0.6) is 0 Å². The van der Waals surface area contributed by atoms with Crippen molar-refractivity contribution in [2.75, 3.05) is 5.73 Å². The van der Waals surface area contributed by atoms with Crippen LogP contribution in [-0.4, -0.2) is 5.97 Å². The number of ether oxygens (including phenoxy) is 1. The van der Waals surface area contributed by atoms with Gasteiger partial charge in [-0.15, -0.1) is 0 Å². The zero-order valence-electron chi connectivity index (χ0n) is 10.2. The highest BCUT2D eigenvalue weighted by atomic mass is 79.9. The van der Waals surface area contributed by atoms with Crippen LogP contribution in [-0.2, 0) is 11.3 Å². The molecule has 0 saturated heterocycles. The van der Waals surface area contributed by atoms with Crippen LogP contribution in [0.1, 0.15) is 15.9 Å². The Balaban J connectivity index is 2.11. The fraction of sp³-hybridized carbons (Fsp3) is 0.0714. The maximum absolute atomic E-state index is 12.0. The van der Waals surface area contributed by atoms with Gasteiger partial charge in [0.25, 0.3) is 0 Å². The molecule has 0 aliphatic carbocycles. The average Bonchev–Trinajstić information content (AvgIpc) is 2.42. The Morgan fingerprint density at radius 1 is 1.20 bits per heavy atom. The molecule has 0 aliphatic heterocycles. The van der Waals surface area contributed by atoms with Crippen LogP contribution in [0.15, 0.2) is 45.3 Å². The topological polar surface area (TPSA) is 52.3 Å². The smallest absolute Gasteiger partial charge is 0.340 e. The number of hydrogen-bond donors (Lipinski definition) is 1. The number of nitrogens with two attached hydrogens (primary N) is 1. The summed E-state index contributed by atoms with van der Waals surface area (Å²) in [5.41, 5.74) is 7.39. The van der Waals surface area contributed by atoms with E-state index in [9.17, 15) is 4.79 Å². The van der Waals surface area contributed by atoms with Crippen molar-refractivity contribution < 1.29 is 9.53 Å². The molecule has 0 atom stereocenters. The minimum absolute atomic E-state index is 0.166. The number of carbonyl (C=O) groups is 1. The molecule has 0 saturated carbocycles. The summed E-state index contributed by atoms with van der Waals surface area (Å²) in [4.78, 5) is 12.0. The number of esters is 1. The second-order valence-corrected chi connectivity index (χ2v) is 6.26. The lowest BCUT2D eigenvalue weighted by Crippen LogP contribution is -2.09. The van der Waals surface area contributed by atoms with Gasteiger partial charge in [-0.25, -0.2) is 4.79 Å². The van der Waals surface area contributed by atoms with Crippen LogP contribution in [0.4, 0.5) is 5.69 Å². The van der Waals surface area contributed by atoms with Gasteiger partial charge in [-0.3, -0.25) is 0 Å². The van der Waals surface area contributed by atoms with Crippen LogP contribution >= 0.6 is 43.5 Å². The van der Waals surface area contributed by atoms with Crippen molar-refractivity contribution >= 4 is 55.1 Å². The van der Waals surface area contributed by atoms with E-state index in [0.29, 0.717) is 20.7 Å². The minimum atomic E-state index is -0.473. The van der Waals surface area contributed by atoms with Gasteiger partial charge in [0.1, 0.15) is 6.61 Å². The first-order chi connectivity index (χ1) is 9.47. The third kappa shape index (κ3) is 3.75. The fourth-order valence-corrected chi connectivity index (χ4v) is 2.91. The fourth-order valence-electron chi connectivity index (χ4n) is 1.56. The summed E-state index contributed by atoms with van der Waals surface area (Å²) in [5, 5.41) is 0.639. The molecule has 0 fully saturated rings. The lowest BCUT2D eigenvalue weighted by atomic mass is 10.2. The molecule has 2 N–H and O–H groups in total. The summed E-state index contributed by atoms with van der Waals surface area (Å²) >= 11 is 12.4. The molecular weight excluding hydrogens is 409 g/mol. The highest BCUT2D eigenvalue weighted by Gasteiger charge is 2.14. The maximum Gasteiger partial charge on any atom is 0.340 e. The van der Waals surface area contributed by atoms with Crippen LogP contribution in [0.3, 0.4) is 0 Å². The molecular formula is C14H10Br2ClNO2. The van der Waals surface area contributed by atoms with E-state index >= 15 is 0 Å². The summed E-state index contributed by atoms with van der Waals surface area (Å²) in [6.07, 6.45) is 0. The Morgan fingerprint density at radius 3 is 2.50 bits per heavy atom. The van der Waals surface area contributed by atoms with Crippen molar-refractivity contribution in [2.24, 2.45) is 0 Å². The number of halogens is 3. The second kappa shape index (κ2) is 6.61. The Kier molecular flexibility index (Phi) is 5.07. The molecule has 0 aromatic heterocycles. The van der Waals surface area contributed by atoms with Crippen molar-refractivity contribution in [1.29, 1.82) is 0 Å². The molecule has 0 aliphatic rings. The zero-order valence-corrected chi connectivity index (χ0v) is 14.1. The van der Waals surface area contributed by atoms with Crippen LogP contribution in [0.2, 0.25) is 5.02 Å². The third-order valence-electron chi connectivity index (χ3n) is 2.60. The van der Waals surface area contributed by atoms with Crippen molar-refractivity contribution in [1.82, 2.24) is 0 Å². The lowest BCUT2D eigenvalue weighted by molar-refractivity contribution is 0.0474. The van der Waals surface area contributed by atoms with E-state index in [1.54, 1.807) is 36.4 Å². The average molecular weight is 420 g/mol. The number of nitrogen functional groups attached to an aromatic ring is 1. The summed E-state index contributed by atoms with van der Waals surface area (Å²) in [5.74, 6) is -0.473. The molecule has 104 valence electrons. The van der Waals surface area contributed by atoms with E-state index in [0.717, 1.165) is 10.0 Å². The number of hydrogen-bond acceptors (Lipinski definition) is 3. The van der Waals surface area contributed by atoms with Gasteiger partial charge < -0.3 is 10.5 Å². The first-order valence-corrected chi connectivity index (χ1v) is 7.60. The van der Waals surface area contributed by atoms with E-state index in [-0.39, 0.29) is 6.61 Å². The van der Waals surface area contributed by atoms with Gasteiger partial charge in [-0.05, 0) is 45.8 Å². The van der Waals surface area contributed by atoms with E-state index in [1.165, 1.54) is 0 Å². The Labute approximate surface area is 138 Å². The quantitative estimate of drug-likeness (QED) is 0.574. The molecule has 0 amide bonds. The number of rotatable bonds is 3. The van der Waals surface area contributed by atoms with Gasteiger partial charge >= 0.3 is 5.97 Å². The van der Waals surface area contributed by atoms with Crippen LogP contribution < -0.4 is 5.73 Å². The van der Waals surface area contributed by atoms with E-state index < -0.39 is 5.97 Å². The van der Waals surface area contributed by atoms with E-state index in [1.807, 2.05) is 0 Å². The summed E-state index contributed by atoms with van der Waals surface area (Å²) in [7, 11) is 0. The SMILES string of the molecule is Nc1c(Br)cc(Br)cc1C(=O)OCc1ccc(Cl)cc1. The Hall–Kier alpha value is -1.04. The molecule has 2 rings (SSSR count). The summed E-state index contributed by atoms with van der Waals surface area (Å²) < 4.78 is 6.63. The molecule has 3 nitrogen and oxygen atoms in total. The second-order valence-electron chi connectivity index (χ2n) is 4.05. The normalized spacial score (nSPS) is 10.3. The molecule has 6 heteroatoms. The highest BCUT2D eigenvalue weighted by molar-refractivity contribution is 9.11. The number of carbonyl (C=O) groups excluding carboxylic acids is 1. The number of anilines is 1. The van der Waals surface area contributed by atoms with Gasteiger partial charge in [0, 0.05) is 14.0 Å². The van der Waals surface area contributed by atoms with Gasteiger partial charge in [0.05, 0.1) is 11.3 Å². The van der Waals surface area contributed by atoms with Gasteiger partial charge in [0.2, 0.25) is 0 Å². The molecule has 20 heavy (non-hydrogen) atoms. The molecule has 0 radical (unpaired) electrons. The maximum atomic E-state index is 12.0. The van der Waals surface area contributed by atoms with Crippen molar-refractivity contribution in [3.05, 3.63) is 61.5 Å². The minimum Gasteiger partial charge on any atom is -0.457 e.